The Bertz CT molecular complexity index is 556. The van der Waals surface area contributed by atoms with Gasteiger partial charge in [-0.3, -0.25) is 4.99 Å². The topological polar surface area (TPSA) is 48.9 Å². The Kier molecular flexibility index (Phi) is 6.91. The molecule has 1 heterocycles. The van der Waals surface area contributed by atoms with E-state index in [2.05, 4.69) is 66.5 Å². The van der Waals surface area contributed by atoms with Crippen molar-refractivity contribution in [2.45, 2.75) is 39.8 Å². The molecule has 0 aromatic heterocycles. The van der Waals surface area contributed by atoms with Crippen LogP contribution < -0.4 is 15.4 Å². The van der Waals surface area contributed by atoms with Gasteiger partial charge in [-0.15, -0.1) is 0 Å². The number of nitrogens with one attached hydrogen (secondary N) is 2. The lowest BCUT2D eigenvalue weighted by Crippen LogP contribution is -2.39. The molecule has 5 heteroatoms. The summed E-state index contributed by atoms with van der Waals surface area (Å²) < 4.78 is 5.94. The summed E-state index contributed by atoms with van der Waals surface area (Å²) >= 11 is 0. The number of hydrogen-bond donors (Lipinski definition) is 2. The van der Waals surface area contributed by atoms with Crippen molar-refractivity contribution in [3.63, 3.8) is 0 Å². The molecule has 0 spiro atoms. The van der Waals surface area contributed by atoms with Crippen LogP contribution >= 0.6 is 0 Å². The van der Waals surface area contributed by atoms with Crippen LogP contribution in [0.15, 0.2) is 23.2 Å². The van der Waals surface area contributed by atoms with Crippen molar-refractivity contribution in [1.29, 1.82) is 0 Å². The fraction of sp³-hybridized carbons (Fsp3) is 0.632. The molecule has 1 aliphatic rings. The third-order valence-corrected chi connectivity index (χ3v) is 4.30. The van der Waals surface area contributed by atoms with Gasteiger partial charge < -0.3 is 20.3 Å². The molecule has 0 radical (unpaired) electrons. The Labute approximate surface area is 146 Å². The van der Waals surface area contributed by atoms with Crippen LogP contribution in [-0.2, 0) is 6.54 Å². The number of likely N-dealkylation sites (tertiary alicyclic amines) is 1. The van der Waals surface area contributed by atoms with Crippen LogP contribution in [0.1, 0.15) is 31.4 Å². The van der Waals surface area contributed by atoms with Crippen LogP contribution in [0.3, 0.4) is 0 Å². The number of aryl methyl sites for hydroxylation is 1. The first-order chi connectivity index (χ1) is 11.5. The largest absolute Gasteiger partial charge is 0.491 e. The highest BCUT2D eigenvalue weighted by Gasteiger charge is 2.19. The number of rotatable bonds is 6. The molecule has 1 saturated heterocycles. The first-order valence-corrected chi connectivity index (χ1v) is 8.87. The Morgan fingerprint density at radius 1 is 1.38 bits per heavy atom. The molecule has 1 aromatic carbocycles. The molecule has 0 bridgehead atoms. The molecule has 5 nitrogen and oxygen atoms in total. The summed E-state index contributed by atoms with van der Waals surface area (Å²) in [6.45, 7) is 10.2. The van der Waals surface area contributed by atoms with E-state index in [9.17, 15) is 0 Å². The fourth-order valence-corrected chi connectivity index (χ4v) is 3.00. The molecule has 2 rings (SSSR count). The van der Waals surface area contributed by atoms with Gasteiger partial charge in [-0.2, -0.15) is 0 Å². The number of hydrogen-bond acceptors (Lipinski definition) is 3. The zero-order valence-corrected chi connectivity index (χ0v) is 15.7. The van der Waals surface area contributed by atoms with Crippen molar-refractivity contribution >= 4 is 5.96 Å². The molecule has 1 aromatic rings. The van der Waals surface area contributed by atoms with E-state index in [1.54, 1.807) is 0 Å². The summed E-state index contributed by atoms with van der Waals surface area (Å²) in [5, 5.41) is 6.84. The Morgan fingerprint density at radius 2 is 2.17 bits per heavy atom. The van der Waals surface area contributed by atoms with Gasteiger partial charge in [0.1, 0.15) is 5.75 Å². The Morgan fingerprint density at radius 3 is 2.79 bits per heavy atom. The average Bonchev–Trinajstić information content (AvgIpc) is 2.94. The monoisotopic (exact) mass is 332 g/mol. The van der Waals surface area contributed by atoms with E-state index in [0.29, 0.717) is 12.5 Å². The van der Waals surface area contributed by atoms with Crippen molar-refractivity contribution in [1.82, 2.24) is 15.5 Å². The highest BCUT2D eigenvalue weighted by Crippen LogP contribution is 2.21. The highest BCUT2D eigenvalue weighted by molar-refractivity contribution is 5.79. The molecule has 24 heavy (non-hydrogen) atoms. The SMILES string of the molecule is CN=C(NCc1ccc(C)cc1OC(C)C)NCC1CCN(C)C1. The maximum atomic E-state index is 5.94. The second-order valence-corrected chi connectivity index (χ2v) is 7.00. The van der Waals surface area contributed by atoms with Gasteiger partial charge in [0, 0.05) is 32.2 Å². The van der Waals surface area contributed by atoms with E-state index in [0.717, 1.165) is 30.4 Å². The van der Waals surface area contributed by atoms with E-state index in [1.165, 1.54) is 18.5 Å². The normalized spacial score (nSPS) is 18.9. The van der Waals surface area contributed by atoms with E-state index >= 15 is 0 Å². The zero-order valence-electron chi connectivity index (χ0n) is 15.7. The third-order valence-electron chi connectivity index (χ3n) is 4.30. The quantitative estimate of drug-likeness (QED) is 0.620. The van der Waals surface area contributed by atoms with E-state index in [-0.39, 0.29) is 6.10 Å². The molecular formula is C19H32N4O. The van der Waals surface area contributed by atoms with Crippen LogP contribution in [0.4, 0.5) is 0 Å². The summed E-state index contributed by atoms with van der Waals surface area (Å²) in [7, 11) is 4.00. The van der Waals surface area contributed by atoms with Crippen LogP contribution in [0.2, 0.25) is 0 Å². The van der Waals surface area contributed by atoms with Crippen molar-refractivity contribution < 1.29 is 4.74 Å². The molecule has 1 aliphatic heterocycles. The first kappa shape index (κ1) is 18.6. The Hall–Kier alpha value is -1.75. The molecule has 134 valence electrons. The minimum absolute atomic E-state index is 0.169. The lowest BCUT2D eigenvalue weighted by atomic mass is 10.1. The first-order valence-electron chi connectivity index (χ1n) is 8.87. The summed E-state index contributed by atoms with van der Waals surface area (Å²) in [4.78, 5) is 6.71. The van der Waals surface area contributed by atoms with Crippen molar-refractivity contribution in [2.24, 2.45) is 10.9 Å². The predicted molar refractivity (Wildman–Crippen MR) is 101 cm³/mol. The molecule has 1 atom stereocenters. The minimum Gasteiger partial charge on any atom is -0.491 e. The van der Waals surface area contributed by atoms with Crippen molar-refractivity contribution in [3.05, 3.63) is 29.3 Å². The van der Waals surface area contributed by atoms with E-state index in [1.807, 2.05) is 7.05 Å². The Balaban J connectivity index is 1.88. The second kappa shape index (κ2) is 8.92. The van der Waals surface area contributed by atoms with Gasteiger partial charge in [-0.25, -0.2) is 0 Å². The van der Waals surface area contributed by atoms with Gasteiger partial charge in [0.05, 0.1) is 6.10 Å². The number of guanidine groups is 1. The molecule has 1 fully saturated rings. The van der Waals surface area contributed by atoms with Gasteiger partial charge in [0.25, 0.3) is 0 Å². The number of nitrogens with zero attached hydrogens (tertiary/aromatic N) is 2. The van der Waals surface area contributed by atoms with E-state index < -0.39 is 0 Å². The summed E-state index contributed by atoms with van der Waals surface area (Å²) in [6, 6.07) is 6.34. The lowest BCUT2D eigenvalue weighted by molar-refractivity contribution is 0.239. The third kappa shape index (κ3) is 5.71. The predicted octanol–water partition coefficient (Wildman–Crippen LogP) is 2.40. The maximum absolute atomic E-state index is 5.94. The van der Waals surface area contributed by atoms with Crippen LogP contribution in [0.5, 0.6) is 5.75 Å². The van der Waals surface area contributed by atoms with Gasteiger partial charge in [0.15, 0.2) is 5.96 Å². The molecule has 1 unspecified atom stereocenters. The zero-order chi connectivity index (χ0) is 17.5. The molecule has 0 amide bonds. The molecular weight excluding hydrogens is 300 g/mol. The van der Waals surface area contributed by atoms with Crippen molar-refractivity contribution in [2.75, 3.05) is 33.7 Å². The maximum Gasteiger partial charge on any atom is 0.191 e. The van der Waals surface area contributed by atoms with Gasteiger partial charge in [-0.1, -0.05) is 12.1 Å². The lowest BCUT2D eigenvalue weighted by Gasteiger charge is -2.18. The fourth-order valence-electron chi connectivity index (χ4n) is 3.00. The standard InChI is InChI=1S/C19H32N4O/c1-14(2)24-18-10-15(3)6-7-17(18)12-22-19(20-4)21-11-16-8-9-23(5)13-16/h6-7,10,14,16H,8-9,11-13H2,1-5H3,(H2,20,21,22). The van der Waals surface area contributed by atoms with Gasteiger partial charge in [-0.05, 0) is 58.3 Å². The molecule has 0 aliphatic carbocycles. The van der Waals surface area contributed by atoms with Gasteiger partial charge >= 0.3 is 0 Å². The summed E-state index contributed by atoms with van der Waals surface area (Å²) in [5.74, 6) is 2.50. The van der Waals surface area contributed by atoms with E-state index in [4.69, 9.17) is 4.74 Å². The number of aliphatic imine (C=N–C) groups is 1. The van der Waals surface area contributed by atoms with Crippen molar-refractivity contribution in [3.8, 4) is 5.75 Å². The van der Waals surface area contributed by atoms with Crippen LogP contribution in [0, 0.1) is 12.8 Å². The summed E-state index contributed by atoms with van der Waals surface area (Å²) in [6.07, 6.45) is 1.42. The molecule has 0 saturated carbocycles. The smallest absolute Gasteiger partial charge is 0.191 e. The van der Waals surface area contributed by atoms with Crippen LogP contribution in [0.25, 0.3) is 0 Å². The number of benzene rings is 1. The number of ether oxygens (including phenoxy) is 1. The average molecular weight is 332 g/mol. The highest BCUT2D eigenvalue weighted by atomic mass is 16.5. The molecule has 2 N–H and O–H groups in total. The van der Waals surface area contributed by atoms with Gasteiger partial charge in [0.2, 0.25) is 0 Å². The second-order valence-electron chi connectivity index (χ2n) is 7.00. The van der Waals surface area contributed by atoms with Crippen LogP contribution in [-0.4, -0.2) is 50.7 Å². The minimum atomic E-state index is 0.169. The summed E-state index contributed by atoms with van der Waals surface area (Å²) in [5.41, 5.74) is 2.36.